The van der Waals surface area contributed by atoms with Crippen LogP contribution in [0.2, 0.25) is 0 Å². The van der Waals surface area contributed by atoms with Gasteiger partial charge in [0.2, 0.25) is 5.95 Å². The maximum atomic E-state index is 12.6. The summed E-state index contributed by atoms with van der Waals surface area (Å²) in [6, 6.07) is 15.3. The quantitative estimate of drug-likeness (QED) is 0.393. The number of nitrogens with two attached hydrogens (primary N) is 1. The predicted octanol–water partition coefficient (Wildman–Crippen LogP) is 3.64. The molecule has 2 amide bonds. The first kappa shape index (κ1) is 25.1. The van der Waals surface area contributed by atoms with Crippen LogP contribution in [0.1, 0.15) is 13.0 Å². The molecule has 3 heterocycles. The van der Waals surface area contributed by atoms with Crippen molar-refractivity contribution in [3.63, 3.8) is 0 Å². The number of carbonyl (C=O) groups is 1. The predicted molar refractivity (Wildman–Crippen MR) is 145 cm³/mol. The van der Waals surface area contributed by atoms with Crippen LogP contribution in [0.3, 0.4) is 0 Å². The van der Waals surface area contributed by atoms with Crippen LogP contribution in [0.5, 0.6) is 0 Å². The van der Waals surface area contributed by atoms with Gasteiger partial charge in [0.1, 0.15) is 0 Å². The highest BCUT2D eigenvalue weighted by Crippen LogP contribution is 2.25. The summed E-state index contributed by atoms with van der Waals surface area (Å²) in [5.74, 6) is 0.702. The minimum absolute atomic E-state index is 0. The number of benzene rings is 2. The number of aromatic nitrogens is 4. The lowest BCUT2D eigenvalue weighted by molar-refractivity contribution is 0.148. The lowest BCUT2D eigenvalue weighted by Crippen LogP contribution is -2.43. The first-order valence-corrected chi connectivity index (χ1v) is 11.6. The third kappa shape index (κ3) is 5.78. The largest absolute Gasteiger partial charge is 0.368 e. The van der Waals surface area contributed by atoms with Gasteiger partial charge in [0.25, 0.3) is 0 Å². The van der Waals surface area contributed by atoms with Crippen molar-refractivity contribution in [3.05, 3.63) is 60.3 Å². The second-order valence-electron chi connectivity index (χ2n) is 8.90. The molecule has 188 valence electrons. The molecule has 2 aromatic carbocycles. The van der Waals surface area contributed by atoms with Gasteiger partial charge in [-0.25, -0.2) is 14.8 Å². The standard InChI is InChI=1S/C25H29N9O.CH4/c1-32-9-11-34(12-10-32)16-17-3-6-20(7-4-17)28-25(35)30-23-14-22(33(2)31-23)18-5-8-21-19(13-18)15-27-24(26)29-21;/h3-8,13-15H,9-12,16H2,1-2H3,(H2,26,27,29)(H2,28,30,31,35);1H4. The molecule has 0 atom stereocenters. The smallest absolute Gasteiger partial charge is 0.324 e. The second-order valence-corrected chi connectivity index (χ2v) is 8.90. The van der Waals surface area contributed by atoms with E-state index >= 15 is 0 Å². The van der Waals surface area contributed by atoms with Gasteiger partial charge in [-0.1, -0.05) is 25.6 Å². The SMILES string of the molecule is C.CN1CCN(Cc2ccc(NC(=O)Nc3cc(-c4ccc5nc(N)ncc5c4)n(C)n3)cc2)CC1. The van der Waals surface area contributed by atoms with E-state index in [1.165, 1.54) is 5.56 Å². The fraction of sp³-hybridized carbons (Fsp3) is 0.308. The lowest BCUT2D eigenvalue weighted by atomic mass is 10.1. The van der Waals surface area contributed by atoms with Gasteiger partial charge in [0.05, 0.1) is 11.2 Å². The van der Waals surface area contributed by atoms with Crippen molar-refractivity contribution in [1.82, 2.24) is 29.5 Å². The molecule has 0 radical (unpaired) electrons. The number of rotatable bonds is 5. The Morgan fingerprint density at radius 1 is 1.00 bits per heavy atom. The number of anilines is 3. The lowest BCUT2D eigenvalue weighted by Gasteiger charge is -2.32. The zero-order valence-electron chi connectivity index (χ0n) is 19.9. The van der Waals surface area contributed by atoms with Gasteiger partial charge in [0, 0.05) is 68.7 Å². The summed E-state index contributed by atoms with van der Waals surface area (Å²) in [7, 11) is 3.99. The number of hydrogen-bond acceptors (Lipinski definition) is 7. The highest BCUT2D eigenvalue weighted by Gasteiger charge is 2.14. The number of likely N-dealkylation sites (N-methyl/N-ethyl adjacent to an activating group) is 1. The van der Waals surface area contributed by atoms with E-state index in [0.29, 0.717) is 5.82 Å². The molecule has 2 aromatic heterocycles. The molecule has 0 spiro atoms. The third-order valence-corrected chi connectivity index (χ3v) is 6.23. The maximum absolute atomic E-state index is 12.6. The molecule has 10 nitrogen and oxygen atoms in total. The van der Waals surface area contributed by atoms with E-state index in [0.717, 1.165) is 60.6 Å². The molecule has 4 aromatic rings. The summed E-state index contributed by atoms with van der Waals surface area (Å²) in [5, 5.41) is 11.0. The van der Waals surface area contributed by atoms with E-state index < -0.39 is 0 Å². The van der Waals surface area contributed by atoms with E-state index in [9.17, 15) is 4.79 Å². The minimum Gasteiger partial charge on any atom is -0.368 e. The van der Waals surface area contributed by atoms with Crippen LogP contribution in [0, 0.1) is 0 Å². The molecule has 1 aliphatic rings. The number of aryl methyl sites for hydroxylation is 1. The summed E-state index contributed by atoms with van der Waals surface area (Å²) in [6.07, 6.45) is 1.69. The van der Waals surface area contributed by atoms with Crippen molar-refractivity contribution < 1.29 is 4.79 Å². The number of fused-ring (bicyclic) bond motifs is 1. The molecular weight excluding hydrogens is 454 g/mol. The highest BCUT2D eigenvalue weighted by molar-refractivity contribution is 5.99. The Kier molecular flexibility index (Phi) is 7.47. The molecule has 0 unspecified atom stereocenters. The Labute approximate surface area is 211 Å². The van der Waals surface area contributed by atoms with E-state index in [2.05, 4.69) is 54.7 Å². The van der Waals surface area contributed by atoms with E-state index in [4.69, 9.17) is 5.73 Å². The van der Waals surface area contributed by atoms with Crippen LogP contribution in [-0.2, 0) is 13.6 Å². The molecule has 10 heteroatoms. The Bertz CT molecular complexity index is 1340. The molecule has 0 saturated carbocycles. The fourth-order valence-corrected chi connectivity index (χ4v) is 4.24. The Morgan fingerprint density at radius 2 is 1.75 bits per heavy atom. The molecule has 1 saturated heterocycles. The average Bonchev–Trinajstić information content (AvgIpc) is 3.21. The average molecular weight is 488 g/mol. The molecule has 4 N–H and O–H groups in total. The van der Waals surface area contributed by atoms with Crippen LogP contribution in [-0.4, -0.2) is 68.8 Å². The Hall–Kier alpha value is -4.02. The first-order valence-electron chi connectivity index (χ1n) is 11.6. The molecule has 0 bridgehead atoms. The Morgan fingerprint density at radius 3 is 2.50 bits per heavy atom. The molecule has 36 heavy (non-hydrogen) atoms. The third-order valence-electron chi connectivity index (χ3n) is 6.23. The number of piperazine rings is 1. The molecule has 1 fully saturated rings. The topological polar surface area (TPSA) is 117 Å². The van der Waals surface area contributed by atoms with Crippen LogP contribution in [0.15, 0.2) is 54.7 Å². The minimum atomic E-state index is -0.344. The van der Waals surface area contributed by atoms with Gasteiger partial charge in [-0.05, 0) is 36.9 Å². The number of carbonyl (C=O) groups excluding carboxylic acids is 1. The van der Waals surface area contributed by atoms with Crippen LogP contribution in [0.25, 0.3) is 22.2 Å². The number of nitrogens with one attached hydrogen (secondary N) is 2. The number of nitrogen functional groups attached to an aromatic ring is 1. The summed E-state index contributed by atoms with van der Waals surface area (Å²) in [5.41, 5.74) is 10.2. The highest BCUT2D eigenvalue weighted by atomic mass is 16.2. The summed E-state index contributed by atoms with van der Waals surface area (Å²) < 4.78 is 1.72. The van der Waals surface area contributed by atoms with Gasteiger partial charge in [-0.2, -0.15) is 5.10 Å². The number of nitrogens with zero attached hydrogens (tertiary/aromatic N) is 6. The van der Waals surface area contributed by atoms with Gasteiger partial charge in [0.15, 0.2) is 5.82 Å². The normalized spacial score (nSPS) is 14.4. The van der Waals surface area contributed by atoms with Gasteiger partial charge in [-0.3, -0.25) is 14.9 Å². The van der Waals surface area contributed by atoms with Crippen molar-refractivity contribution >= 4 is 34.4 Å². The van der Waals surface area contributed by atoms with Crippen molar-refractivity contribution in [2.75, 3.05) is 49.6 Å². The van der Waals surface area contributed by atoms with Crippen molar-refractivity contribution in [2.45, 2.75) is 14.0 Å². The van der Waals surface area contributed by atoms with Crippen molar-refractivity contribution in [2.24, 2.45) is 7.05 Å². The summed E-state index contributed by atoms with van der Waals surface area (Å²) >= 11 is 0. The molecule has 0 aliphatic carbocycles. The number of amides is 2. The van der Waals surface area contributed by atoms with E-state index in [1.807, 2.05) is 43.4 Å². The van der Waals surface area contributed by atoms with Crippen LogP contribution < -0.4 is 16.4 Å². The van der Waals surface area contributed by atoms with Crippen molar-refractivity contribution in [3.8, 4) is 11.3 Å². The number of urea groups is 1. The molecular formula is C26H33N9O. The summed E-state index contributed by atoms with van der Waals surface area (Å²) in [6.45, 7) is 5.27. The fourth-order valence-electron chi connectivity index (χ4n) is 4.24. The monoisotopic (exact) mass is 487 g/mol. The van der Waals surface area contributed by atoms with Crippen LogP contribution in [0.4, 0.5) is 22.2 Å². The summed E-state index contributed by atoms with van der Waals surface area (Å²) in [4.78, 5) is 25.7. The zero-order valence-corrected chi connectivity index (χ0v) is 19.9. The van der Waals surface area contributed by atoms with Gasteiger partial charge < -0.3 is 16.0 Å². The second kappa shape index (κ2) is 10.7. The van der Waals surface area contributed by atoms with Gasteiger partial charge in [-0.15, -0.1) is 0 Å². The van der Waals surface area contributed by atoms with E-state index in [-0.39, 0.29) is 19.4 Å². The first-order chi connectivity index (χ1) is 16.9. The Balaban J connectivity index is 0.00000304. The zero-order chi connectivity index (χ0) is 24.4. The van der Waals surface area contributed by atoms with E-state index in [1.54, 1.807) is 10.9 Å². The molecule has 5 rings (SSSR count). The van der Waals surface area contributed by atoms with Gasteiger partial charge >= 0.3 is 6.03 Å². The van der Waals surface area contributed by atoms with Crippen LogP contribution >= 0.6 is 0 Å². The maximum Gasteiger partial charge on any atom is 0.324 e. The number of hydrogen-bond donors (Lipinski definition) is 3. The molecule has 1 aliphatic heterocycles. The van der Waals surface area contributed by atoms with Crippen molar-refractivity contribution in [1.29, 1.82) is 0 Å².